The summed E-state index contributed by atoms with van der Waals surface area (Å²) in [4.78, 5) is 72.2. The van der Waals surface area contributed by atoms with E-state index >= 15 is 0 Å². The Bertz CT molecular complexity index is 1680. The molecule has 0 radical (unpaired) electrons. The van der Waals surface area contributed by atoms with E-state index in [-0.39, 0.29) is 44.3 Å². The molecule has 1 aromatic carbocycles. The number of hydrogen-bond acceptors (Lipinski definition) is 9. The molecule has 0 bridgehead atoms. The Morgan fingerprint density at radius 1 is 1.02 bits per heavy atom. The predicted molar refractivity (Wildman–Crippen MR) is 197 cm³/mol. The van der Waals surface area contributed by atoms with Crippen molar-refractivity contribution in [3.05, 3.63) is 47.8 Å². The molecular formula is C38H55FN5O9P. The molecule has 4 aliphatic rings. The first kappa shape index (κ1) is 41.4. The number of benzene rings is 1. The Balaban J connectivity index is 1.39. The third kappa shape index (κ3) is 9.17. The minimum Gasteiger partial charge on any atom is -0.444 e. The van der Waals surface area contributed by atoms with Gasteiger partial charge in [-0.1, -0.05) is 51.8 Å². The number of carbonyl (C=O) groups excluding carboxylic acids is 5. The third-order valence-corrected chi connectivity index (χ3v) is 12.3. The van der Waals surface area contributed by atoms with Crippen molar-refractivity contribution in [3.63, 3.8) is 0 Å². The van der Waals surface area contributed by atoms with Crippen molar-refractivity contribution in [3.8, 4) is 0 Å². The van der Waals surface area contributed by atoms with Gasteiger partial charge in [0.1, 0.15) is 29.5 Å². The van der Waals surface area contributed by atoms with Crippen LogP contribution in [0.5, 0.6) is 0 Å². The molecule has 2 aliphatic heterocycles. The Hall–Kier alpha value is -3.81. The molecule has 298 valence electrons. The zero-order chi connectivity index (χ0) is 39.7. The maximum atomic E-state index is 14.5. The van der Waals surface area contributed by atoms with Gasteiger partial charge in [-0.25, -0.2) is 13.8 Å². The minimum absolute atomic E-state index is 0.00485. The molecule has 5 amide bonds. The van der Waals surface area contributed by atoms with Crippen LogP contribution in [0.25, 0.3) is 0 Å². The van der Waals surface area contributed by atoms with Gasteiger partial charge in [-0.05, 0) is 64.0 Å². The first-order chi connectivity index (χ1) is 25.3. The van der Waals surface area contributed by atoms with Gasteiger partial charge in [0.2, 0.25) is 17.7 Å². The Morgan fingerprint density at radius 3 is 2.22 bits per heavy atom. The van der Waals surface area contributed by atoms with Crippen molar-refractivity contribution in [1.29, 1.82) is 0 Å². The van der Waals surface area contributed by atoms with Crippen molar-refractivity contribution in [2.45, 2.75) is 136 Å². The molecule has 3 fully saturated rings. The summed E-state index contributed by atoms with van der Waals surface area (Å²) in [5, 5.41) is 8.16. The van der Waals surface area contributed by atoms with E-state index in [1.165, 1.54) is 21.9 Å². The van der Waals surface area contributed by atoms with Gasteiger partial charge in [0, 0.05) is 30.4 Å². The maximum absolute atomic E-state index is 14.5. The van der Waals surface area contributed by atoms with Gasteiger partial charge >= 0.3 is 13.8 Å². The van der Waals surface area contributed by atoms with E-state index in [0.717, 1.165) is 25.7 Å². The zero-order valence-electron chi connectivity index (χ0n) is 32.3. The molecule has 0 aromatic heterocycles. The van der Waals surface area contributed by atoms with Crippen molar-refractivity contribution in [2.24, 2.45) is 17.3 Å². The molecule has 14 nitrogen and oxygen atoms in total. The number of rotatable bonds is 13. The Morgan fingerprint density at radius 2 is 1.67 bits per heavy atom. The summed E-state index contributed by atoms with van der Waals surface area (Å²) in [5.41, 5.74) is -1.30. The SMILES string of the molecule is C=CC1C[C@]1(NC(=O)[C@@H]1C[C@@H](OC(=O)N2Cc3cccc(F)c3C2)CN1C(=O)[C@@H](NC(=O)C1CCCC1)C(C)(C)C)C(=O)NP(=O)(OC(C)C)OC(C)C. The molecule has 5 rings (SSSR count). The Labute approximate surface area is 316 Å². The number of ether oxygens (including phenoxy) is 1. The van der Waals surface area contributed by atoms with Crippen LogP contribution in [0.1, 0.15) is 98.1 Å². The van der Waals surface area contributed by atoms with Crippen LogP contribution in [0.4, 0.5) is 9.18 Å². The second kappa shape index (κ2) is 16.1. The number of carbonyl (C=O) groups is 5. The Kier molecular flexibility index (Phi) is 12.3. The molecule has 16 heteroatoms. The number of nitrogens with zero attached hydrogens (tertiary/aromatic N) is 2. The highest BCUT2D eigenvalue weighted by atomic mass is 31.2. The number of hydrogen-bond donors (Lipinski definition) is 3. The minimum atomic E-state index is -4.17. The van der Waals surface area contributed by atoms with Gasteiger partial charge in [0.05, 0.1) is 25.3 Å². The van der Waals surface area contributed by atoms with Crippen LogP contribution in [-0.4, -0.2) is 82.0 Å². The van der Waals surface area contributed by atoms with Crippen LogP contribution in [0.15, 0.2) is 30.9 Å². The van der Waals surface area contributed by atoms with E-state index in [1.54, 1.807) is 39.8 Å². The van der Waals surface area contributed by atoms with Crippen LogP contribution < -0.4 is 15.7 Å². The van der Waals surface area contributed by atoms with Gasteiger partial charge in [-0.15, -0.1) is 6.58 Å². The fraction of sp³-hybridized carbons (Fsp3) is 0.658. The fourth-order valence-corrected chi connectivity index (χ4v) is 9.27. The number of likely N-dealkylation sites (tertiary alicyclic amines) is 1. The second-order valence-corrected chi connectivity index (χ2v) is 18.2. The van der Waals surface area contributed by atoms with Gasteiger partial charge < -0.3 is 20.3 Å². The standard InChI is InChI=1S/C38H55FN5O9P/c1-9-26-18-38(26,35(48)42-54(50,52-22(2)3)53-23(4)5)41-33(46)30-17-27(51-36(49)43-19-25-15-12-16-29(39)28(25)21-43)20-44(30)34(47)31(37(6,7)8)40-32(45)24-13-10-11-14-24/h9,12,15-16,22-24,26-27,30-31H,1,10-11,13-14,17-21H2,2-8H3,(H,40,45)(H,41,46)(H,42,48,50)/t26?,27-,30+,31-,38-/m1/s1. The summed E-state index contributed by atoms with van der Waals surface area (Å²) in [5.74, 6) is -3.48. The summed E-state index contributed by atoms with van der Waals surface area (Å²) in [6.07, 6.45) is 2.00. The lowest BCUT2D eigenvalue weighted by Crippen LogP contribution is -2.60. The van der Waals surface area contributed by atoms with Gasteiger partial charge in [-0.2, -0.15) is 0 Å². The zero-order valence-corrected chi connectivity index (χ0v) is 33.2. The van der Waals surface area contributed by atoms with Gasteiger partial charge in [0.15, 0.2) is 0 Å². The quantitative estimate of drug-likeness (QED) is 0.182. The second-order valence-electron chi connectivity index (χ2n) is 16.5. The lowest BCUT2D eigenvalue weighted by molar-refractivity contribution is -0.145. The summed E-state index contributed by atoms with van der Waals surface area (Å²) in [6.45, 7) is 15.8. The van der Waals surface area contributed by atoms with Crippen molar-refractivity contribution in [2.75, 3.05) is 6.54 Å². The first-order valence-electron chi connectivity index (χ1n) is 18.8. The van der Waals surface area contributed by atoms with Gasteiger partial charge in [-0.3, -0.25) is 38.2 Å². The maximum Gasteiger partial charge on any atom is 0.435 e. The van der Waals surface area contributed by atoms with E-state index in [9.17, 15) is 32.9 Å². The lowest BCUT2D eigenvalue weighted by atomic mass is 9.85. The molecular weight excluding hydrogens is 720 g/mol. The largest absolute Gasteiger partial charge is 0.444 e. The van der Waals surface area contributed by atoms with Crippen LogP contribution in [0.2, 0.25) is 0 Å². The van der Waals surface area contributed by atoms with E-state index in [0.29, 0.717) is 11.1 Å². The summed E-state index contributed by atoms with van der Waals surface area (Å²) < 4.78 is 45.0. The van der Waals surface area contributed by atoms with Gasteiger partial charge in [0.25, 0.3) is 5.91 Å². The number of amides is 5. The van der Waals surface area contributed by atoms with Crippen LogP contribution in [-0.2, 0) is 50.6 Å². The smallest absolute Gasteiger partial charge is 0.435 e. The van der Waals surface area contributed by atoms with E-state index < -0.39 is 84.6 Å². The molecule has 1 saturated heterocycles. The van der Waals surface area contributed by atoms with Crippen molar-refractivity contribution < 1.29 is 46.7 Å². The predicted octanol–water partition coefficient (Wildman–Crippen LogP) is 5.10. The van der Waals surface area contributed by atoms with E-state index in [2.05, 4.69) is 22.3 Å². The van der Waals surface area contributed by atoms with Crippen LogP contribution >= 0.6 is 7.75 Å². The summed E-state index contributed by atoms with van der Waals surface area (Å²) >= 11 is 0. The van der Waals surface area contributed by atoms with E-state index in [1.807, 2.05) is 20.8 Å². The number of nitrogens with one attached hydrogen (secondary N) is 3. The first-order valence-corrected chi connectivity index (χ1v) is 20.4. The molecule has 5 atom stereocenters. The molecule has 2 heterocycles. The highest BCUT2D eigenvalue weighted by Crippen LogP contribution is 2.51. The normalized spacial score (nSPS) is 24.7. The van der Waals surface area contributed by atoms with Crippen LogP contribution in [0, 0.1) is 23.1 Å². The molecule has 1 unspecified atom stereocenters. The van der Waals surface area contributed by atoms with Crippen LogP contribution in [0.3, 0.4) is 0 Å². The number of fused-ring (bicyclic) bond motifs is 1. The highest BCUT2D eigenvalue weighted by Gasteiger charge is 2.62. The summed E-state index contributed by atoms with van der Waals surface area (Å²) in [6, 6.07) is 2.38. The topological polar surface area (TPSA) is 173 Å². The lowest BCUT2D eigenvalue weighted by Gasteiger charge is -2.36. The number of halogens is 1. The van der Waals surface area contributed by atoms with E-state index in [4.69, 9.17) is 13.8 Å². The molecule has 3 N–H and O–H groups in total. The molecule has 54 heavy (non-hydrogen) atoms. The molecule has 2 saturated carbocycles. The summed E-state index contributed by atoms with van der Waals surface area (Å²) in [7, 11) is -4.17. The average Bonchev–Trinajstić information content (AvgIpc) is 3.51. The van der Waals surface area contributed by atoms with Crippen molar-refractivity contribution >= 4 is 37.5 Å². The highest BCUT2D eigenvalue weighted by molar-refractivity contribution is 7.52. The fourth-order valence-electron chi connectivity index (χ4n) is 7.56. The molecule has 2 aliphatic carbocycles. The van der Waals surface area contributed by atoms with Crippen molar-refractivity contribution in [1.82, 2.24) is 25.5 Å². The monoisotopic (exact) mass is 775 g/mol. The molecule has 1 aromatic rings. The average molecular weight is 776 g/mol. The molecule has 0 spiro atoms. The third-order valence-electron chi connectivity index (χ3n) is 10.4.